The summed E-state index contributed by atoms with van der Waals surface area (Å²) in [6.45, 7) is 2.20. The molecule has 13 heteroatoms. The number of nitrogens with one attached hydrogen (secondary N) is 3. The Hall–Kier alpha value is -3.45. The number of imidazole rings is 1. The summed E-state index contributed by atoms with van der Waals surface area (Å²) in [5.41, 5.74) is 0.721. The molecule has 0 radical (unpaired) electrons. The number of esters is 1. The number of anilines is 2. The van der Waals surface area contributed by atoms with Gasteiger partial charge in [0.2, 0.25) is 5.91 Å². The number of hydrogen-bond acceptors (Lipinski definition) is 8. The lowest BCUT2D eigenvalue weighted by atomic mass is 10.2. The molecule has 0 spiro atoms. The van der Waals surface area contributed by atoms with Crippen LogP contribution in [0.4, 0.5) is 11.4 Å². The van der Waals surface area contributed by atoms with Crippen LogP contribution in [-0.4, -0.2) is 56.0 Å². The first-order chi connectivity index (χ1) is 15.0. The fraction of sp³-hybridized carbons (Fsp3) is 0.368. The summed E-state index contributed by atoms with van der Waals surface area (Å²) in [4.78, 5) is 39.1. The summed E-state index contributed by atoms with van der Waals surface area (Å²) >= 11 is 0. The second kappa shape index (κ2) is 10.7. The smallest absolute Gasteiger partial charge is 0.307 e. The van der Waals surface area contributed by atoms with E-state index in [-0.39, 0.29) is 29.6 Å². The van der Waals surface area contributed by atoms with Crippen LogP contribution in [0.15, 0.2) is 29.4 Å². The number of aryl methyl sites for hydroxylation is 2. The predicted octanol–water partition coefficient (Wildman–Crippen LogP) is 0.546. The fourth-order valence-corrected chi connectivity index (χ4v) is 3.58. The number of hydrogen-bond donors (Lipinski definition) is 3. The van der Waals surface area contributed by atoms with Crippen molar-refractivity contribution < 1.29 is 32.3 Å². The number of carbonyl (C=O) groups is 3. The average Bonchev–Trinajstić information content (AvgIpc) is 3.05. The molecule has 1 heterocycles. The maximum atomic E-state index is 12.2. The molecular formula is C19H25N5O7S. The normalized spacial score (nSPS) is 11.0. The van der Waals surface area contributed by atoms with Crippen LogP contribution in [0.2, 0.25) is 0 Å². The number of nitrogens with zero attached hydrogens (tertiary/aromatic N) is 2. The third kappa shape index (κ3) is 7.06. The molecule has 0 bridgehead atoms. The van der Waals surface area contributed by atoms with Crippen LogP contribution < -0.4 is 20.1 Å². The Morgan fingerprint density at radius 1 is 1.19 bits per heavy atom. The van der Waals surface area contributed by atoms with Gasteiger partial charge in [0.05, 0.1) is 19.2 Å². The first kappa shape index (κ1) is 24.8. The van der Waals surface area contributed by atoms with Gasteiger partial charge in [0.1, 0.15) is 11.6 Å². The first-order valence-corrected chi connectivity index (χ1v) is 10.9. The van der Waals surface area contributed by atoms with Gasteiger partial charge in [-0.25, -0.2) is 18.1 Å². The van der Waals surface area contributed by atoms with Crippen LogP contribution in [0.3, 0.4) is 0 Å². The molecule has 174 valence electrons. The highest BCUT2D eigenvalue weighted by Crippen LogP contribution is 2.27. The number of methoxy groups -OCH3 is 1. The molecule has 2 aromatic rings. The molecule has 1 aromatic heterocycles. The summed E-state index contributed by atoms with van der Waals surface area (Å²) < 4.78 is 38.2. The predicted molar refractivity (Wildman–Crippen MR) is 115 cm³/mol. The number of sulfonamides is 1. The molecule has 0 fully saturated rings. The van der Waals surface area contributed by atoms with E-state index in [4.69, 9.17) is 9.47 Å². The van der Waals surface area contributed by atoms with Crippen molar-refractivity contribution >= 4 is 39.2 Å². The highest BCUT2D eigenvalue weighted by atomic mass is 32.2. The Morgan fingerprint density at radius 2 is 1.91 bits per heavy atom. The summed E-state index contributed by atoms with van der Waals surface area (Å²) in [7, 11) is -0.788. The van der Waals surface area contributed by atoms with E-state index in [1.807, 2.05) is 0 Å². The van der Waals surface area contributed by atoms with Gasteiger partial charge in [-0.15, -0.1) is 0 Å². The number of amides is 2. The number of benzene rings is 1. The minimum absolute atomic E-state index is 0.152. The number of ether oxygens (including phenoxy) is 2. The zero-order valence-electron chi connectivity index (χ0n) is 18.1. The molecule has 2 rings (SSSR count). The van der Waals surface area contributed by atoms with Gasteiger partial charge in [0, 0.05) is 32.4 Å². The Labute approximate surface area is 185 Å². The van der Waals surface area contributed by atoms with Crippen molar-refractivity contribution in [2.24, 2.45) is 7.05 Å². The second-order valence-electron chi connectivity index (χ2n) is 6.69. The van der Waals surface area contributed by atoms with E-state index in [1.54, 1.807) is 30.7 Å². The van der Waals surface area contributed by atoms with Crippen LogP contribution >= 0.6 is 0 Å². The highest BCUT2D eigenvalue weighted by Gasteiger charge is 2.19. The lowest BCUT2D eigenvalue weighted by Gasteiger charge is -2.12. The zero-order valence-corrected chi connectivity index (χ0v) is 18.9. The first-order valence-electron chi connectivity index (χ1n) is 9.42. The molecular weight excluding hydrogens is 442 g/mol. The molecule has 0 saturated heterocycles. The van der Waals surface area contributed by atoms with Crippen LogP contribution in [0.1, 0.15) is 19.2 Å². The minimum Gasteiger partial charge on any atom is -0.495 e. The lowest BCUT2D eigenvalue weighted by molar-refractivity contribution is -0.147. The van der Waals surface area contributed by atoms with Crippen LogP contribution in [0.5, 0.6) is 5.75 Å². The Bertz CT molecular complexity index is 1090. The molecule has 0 aliphatic rings. The van der Waals surface area contributed by atoms with E-state index < -0.39 is 28.5 Å². The van der Waals surface area contributed by atoms with Crippen molar-refractivity contribution in [1.29, 1.82) is 0 Å². The summed E-state index contributed by atoms with van der Waals surface area (Å²) in [6, 6.07) is 4.65. The van der Waals surface area contributed by atoms with E-state index in [2.05, 4.69) is 20.3 Å². The Morgan fingerprint density at radius 3 is 2.50 bits per heavy atom. The van der Waals surface area contributed by atoms with E-state index in [1.165, 1.54) is 26.3 Å². The van der Waals surface area contributed by atoms with Crippen molar-refractivity contribution in [3.05, 3.63) is 30.2 Å². The molecule has 0 unspecified atom stereocenters. The van der Waals surface area contributed by atoms with Gasteiger partial charge in [-0.05, 0) is 25.1 Å². The van der Waals surface area contributed by atoms with E-state index >= 15 is 0 Å². The molecule has 0 aliphatic heterocycles. The molecule has 0 aliphatic carbocycles. The van der Waals surface area contributed by atoms with Crippen LogP contribution in [0, 0.1) is 6.92 Å². The number of aromatic nitrogens is 2. The summed E-state index contributed by atoms with van der Waals surface area (Å²) in [6.07, 6.45) is 1.08. The number of rotatable bonds is 10. The highest BCUT2D eigenvalue weighted by molar-refractivity contribution is 7.89. The van der Waals surface area contributed by atoms with Crippen LogP contribution in [-0.2, 0) is 36.2 Å². The van der Waals surface area contributed by atoms with Crippen molar-refractivity contribution in [3.8, 4) is 5.75 Å². The third-order valence-corrected chi connectivity index (χ3v) is 5.47. The Balaban J connectivity index is 1.83. The van der Waals surface area contributed by atoms with Gasteiger partial charge in [-0.2, -0.15) is 0 Å². The minimum atomic E-state index is -3.86. The maximum absolute atomic E-state index is 12.2. The standard InChI is InChI=1S/C19H25N5O7S/c1-12-21-18(10-24(12)3)32(28,29)20-8-7-19(27)31-11-17(26)23-15-9-14(22-13(2)25)5-6-16(15)30-4/h5-6,9-10,20H,7-8,11H2,1-4H3,(H,22,25)(H,23,26). The maximum Gasteiger partial charge on any atom is 0.307 e. The van der Waals surface area contributed by atoms with Crippen molar-refractivity contribution in [1.82, 2.24) is 14.3 Å². The van der Waals surface area contributed by atoms with E-state index in [9.17, 15) is 22.8 Å². The van der Waals surface area contributed by atoms with Gasteiger partial charge in [0.15, 0.2) is 11.6 Å². The third-order valence-electron chi connectivity index (χ3n) is 4.14. The van der Waals surface area contributed by atoms with E-state index in [0.29, 0.717) is 17.3 Å². The van der Waals surface area contributed by atoms with Gasteiger partial charge in [-0.3, -0.25) is 14.4 Å². The second-order valence-corrected chi connectivity index (χ2v) is 8.40. The molecule has 2 amide bonds. The average molecular weight is 468 g/mol. The van der Waals surface area contributed by atoms with Gasteiger partial charge in [-0.1, -0.05) is 0 Å². The zero-order chi connectivity index (χ0) is 23.9. The van der Waals surface area contributed by atoms with Crippen molar-refractivity contribution in [2.75, 3.05) is 30.9 Å². The lowest BCUT2D eigenvalue weighted by Crippen LogP contribution is -2.28. The van der Waals surface area contributed by atoms with Crippen LogP contribution in [0.25, 0.3) is 0 Å². The Kier molecular flexibility index (Phi) is 8.32. The molecule has 12 nitrogen and oxygen atoms in total. The number of carbonyl (C=O) groups excluding carboxylic acids is 3. The van der Waals surface area contributed by atoms with Gasteiger partial charge >= 0.3 is 5.97 Å². The molecule has 1 aromatic carbocycles. The van der Waals surface area contributed by atoms with Crippen molar-refractivity contribution in [2.45, 2.75) is 25.3 Å². The molecule has 0 atom stereocenters. The summed E-state index contributed by atoms with van der Waals surface area (Å²) in [5, 5.41) is 4.95. The molecule has 3 N–H and O–H groups in total. The SMILES string of the molecule is COc1ccc(NC(C)=O)cc1NC(=O)COC(=O)CCNS(=O)(=O)c1cn(C)c(C)n1. The topological polar surface area (TPSA) is 158 Å². The molecule has 32 heavy (non-hydrogen) atoms. The van der Waals surface area contributed by atoms with Gasteiger partial charge < -0.3 is 24.7 Å². The quantitative estimate of drug-likeness (QED) is 0.427. The largest absolute Gasteiger partial charge is 0.495 e. The monoisotopic (exact) mass is 467 g/mol. The summed E-state index contributed by atoms with van der Waals surface area (Å²) in [5.74, 6) is -0.816. The van der Waals surface area contributed by atoms with Crippen molar-refractivity contribution in [3.63, 3.8) is 0 Å². The fourth-order valence-electron chi connectivity index (χ4n) is 2.51. The van der Waals surface area contributed by atoms with E-state index in [0.717, 1.165) is 0 Å². The molecule has 0 saturated carbocycles. The van der Waals surface area contributed by atoms with Gasteiger partial charge in [0.25, 0.3) is 15.9 Å².